The molecule has 0 radical (unpaired) electrons. The maximum Gasteiger partial charge on any atom is 0.488 e. The summed E-state index contributed by atoms with van der Waals surface area (Å²) in [6, 6.07) is 5.40. The molecule has 17 heavy (non-hydrogen) atoms. The van der Waals surface area contributed by atoms with Gasteiger partial charge in [0.2, 0.25) is 0 Å². The van der Waals surface area contributed by atoms with E-state index in [0.717, 1.165) is 5.19 Å². The van der Waals surface area contributed by atoms with Crippen LogP contribution in [0.3, 0.4) is 0 Å². The molecule has 0 bridgehead atoms. The third-order valence-electron chi connectivity index (χ3n) is 2.45. The molecule has 0 spiro atoms. The second-order valence-corrected chi connectivity index (χ2v) is 9.96. The van der Waals surface area contributed by atoms with E-state index in [1.807, 2.05) is 12.1 Å². The molecule has 0 aromatic heterocycles. The zero-order valence-electron chi connectivity index (χ0n) is 10.7. The molecule has 4 nitrogen and oxygen atoms in total. The number of methoxy groups -OCH3 is 1. The van der Waals surface area contributed by atoms with Crippen LogP contribution in [0.15, 0.2) is 18.2 Å². The van der Waals surface area contributed by atoms with Crippen molar-refractivity contribution in [1.29, 1.82) is 0 Å². The summed E-state index contributed by atoms with van der Waals surface area (Å²) >= 11 is 0. The van der Waals surface area contributed by atoms with Crippen molar-refractivity contribution >= 4 is 25.8 Å². The van der Waals surface area contributed by atoms with Crippen LogP contribution in [0.1, 0.15) is 0 Å². The number of hydrogen-bond acceptors (Lipinski definition) is 4. The Morgan fingerprint density at radius 2 is 1.88 bits per heavy atom. The Bertz CT molecular complexity index is 376. The van der Waals surface area contributed by atoms with E-state index in [1.165, 1.54) is 7.11 Å². The lowest BCUT2D eigenvalue weighted by atomic mass is 9.80. The molecule has 0 aliphatic rings. The Morgan fingerprint density at radius 1 is 1.24 bits per heavy atom. The smallest absolute Gasteiger partial charge is 0.468 e. The molecule has 0 atom stereocenters. The van der Waals surface area contributed by atoms with Crippen molar-refractivity contribution in [3.05, 3.63) is 18.2 Å². The van der Waals surface area contributed by atoms with Gasteiger partial charge in [-0.1, -0.05) is 30.9 Å². The minimum Gasteiger partial charge on any atom is -0.468 e. The molecule has 0 fully saturated rings. The van der Waals surface area contributed by atoms with Crippen LogP contribution >= 0.6 is 0 Å². The van der Waals surface area contributed by atoms with E-state index >= 15 is 0 Å². The van der Waals surface area contributed by atoms with Crippen molar-refractivity contribution < 1.29 is 19.5 Å². The minimum absolute atomic E-state index is 0.146. The Kier molecular flexibility index (Phi) is 4.76. The minimum atomic E-state index is -1.60. The molecule has 0 amide bonds. The van der Waals surface area contributed by atoms with Gasteiger partial charge in [-0.05, 0) is 17.6 Å². The van der Waals surface area contributed by atoms with Gasteiger partial charge in [-0.15, -0.1) is 0 Å². The molecule has 94 valence electrons. The first-order chi connectivity index (χ1) is 7.86. The van der Waals surface area contributed by atoms with Crippen molar-refractivity contribution in [2.45, 2.75) is 19.6 Å². The molecule has 0 aliphatic heterocycles. The van der Waals surface area contributed by atoms with Crippen molar-refractivity contribution in [1.82, 2.24) is 0 Å². The maximum absolute atomic E-state index is 9.41. The van der Waals surface area contributed by atoms with E-state index in [1.54, 1.807) is 6.07 Å². The van der Waals surface area contributed by atoms with Crippen molar-refractivity contribution in [3.8, 4) is 5.75 Å². The first-order valence-corrected chi connectivity index (χ1v) is 8.98. The molecule has 1 aromatic rings. The van der Waals surface area contributed by atoms with E-state index in [4.69, 9.17) is 9.47 Å². The molecule has 0 aliphatic carbocycles. The van der Waals surface area contributed by atoms with Gasteiger partial charge in [-0.2, -0.15) is 0 Å². The van der Waals surface area contributed by atoms with Crippen LogP contribution in [-0.2, 0) is 4.74 Å². The fraction of sp³-hybridized carbons (Fsp3) is 0.455. The second kappa shape index (κ2) is 5.68. The SMILES string of the molecule is COCOc1ccc([Si](C)(C)C)c(B(O)O)c1. The first-order valence-electron chi connectivity index (χ1n) is 5.48. The van der Waals surface area contributed by atoms with E-state index < -0.39 is 15.2 Å². The molecule has 0 saturated heterocycles. The number of benzene rings is 1. The molecule has 0 unspecified atom stereocenters. The van der Waals surface area contributed by atoms with Crippen LogP contribution in [0.2, 0.25) is 19.6 Å². The lowest BCUT2D eigenvalue weighted by molar-refractivity contribution is 0.0512. The number of ether oxygens (including phenoxy) is 2. The van der Waals surface area contributed by atoms with Crippen LogP contribution in [0.4, 0.5) is 0 Å². The monoisotopic (exact) mass is 254 g/mol. The summed E-state index contributed by atoms with van der Waals surface area (Å²) in [5.74, 6) is 0.581. The predicted octanol–water partition coefficient (Wildman–Crippen LogP) is -0.106. The molecule has 6 heteroatoms. The van der Waals surface area contributed by atoms with Gasteiger partial charge in [0.1, 0.15) is 5.75 Å². The largest absolute Gasteiger partial charge is 0.488 e. The van der Waals surface area contributed by atoms with Gasteiger partial charge in [0, 0.05) is 7.11 Å². The van der Waals surface area contributed by atoms with Gasteiger partial charge < -0.3 is 19.5 Å². The zero-order valence-corrected chi connectivity index (χ0v) is 11.7. The van der Waals surface area contributed by atoms with E-state index in [0.29, 0.717) is 11.2 Å². The number of rotatable bonds is 5. The van der Waals surface area contributed by atoms with E-state index in [9.17, 15) is 10.0 Å². The van der Waals surface area contributed by atoms with Gasteiger partial charge in [0.15, 0.2) is 6.79 Å². The molecular formula is C11H19BO4Si. The van der Waals surface area contributed by atoms with Crippen molar-refractivity contribution in [2.75, 3.05) is 13.9 Å². The normalized spacial score (nSPS) is 11.4. The highest BCUT2D eigenvalue weighted by Gasteiger charge is 2.25. The van der Waals surface area contributed by atoms with Crippen molar-refractivity contribution in [3.63, 3.8) is 0 Å². The molecule has 0 saturated carbocycles. The summed E-state index contributed by atoms with van der Waals surface area (Å²) in [6.07, 6.45) is 0. The van der Waals surface area contributed by atoms with Gasteiger partial charge in [0.25, 0.3) is 0 Å². The van der Waals surface area contributed by atoms with Crippen LogP contribution in [0, 0.1) is 0 Å². The summed E-state index contributed by atoms with van der Waals surface area (Å²) in [7, 11) is -1.53. The van der Waals surface area contributed by atoms with E-state index in [2.05, 4.69) is 19.6 Å². The Hall–Kier alpha value is -0.818. The highest BCUT2D eigenvalue weighted by molar-refractivity contribution is 6.92. The fourth-order valence-corrected chi connectivity index (χ4v) is 3.30. The highest BCUT2D eigenvalue weighted by atomic mass is 28.3. The maximum atomic E-state index is 9.41. The van der Waals surface area contributed by atoms with Crippen LogP contribution in [-0.4, -0.2) is 39.1 Å². The first kappa shape index (κ1) is 14.2. The fourth-order valence-electron chi connectivity index (χ4n) is 1.65. The zero-order chi connectivity index (χ0) is 13.1. The number of hydrogen-bond donors (Lipinski definition) is 2. The van der Waals surface area contributed by atoms with Crippen LogP contribution in [0.5, 0.6) is 5.75 Å². The van der Waals surface area contributed by atoms with Crippen LogP contribution in [0.25, 0.3) is 0 Å². The van der Waals surface area contributed by atoms with Gasteiger partial charge >= 0.3 is 7.12 Å². The summed E-state index contributed by atoms with van der Waals surface area (Å²) in [5, 5.41) is 19.8. The Balaban J connectivity index is 3.09. The van der Waals surface area contributed by atoms with Crippen molar-refractivity contribution in [2.24, 2.45) is 0 Å². The summed E-state index contributed by atoms with van der Waals surface area (Å²) in [4.78, 5) is 0. The molecule has 1 aromatic carbocycles. The summed E-state index contributed by atoms with van der Waals surface area (Å²) < 4.78 is 10.1. The van der Waals surface area contributed by atoms with Gasteiger partial charge in [-0.3, -0.25) is 0 Å². The van der Waals surface area contributed by atoms with E-state index in [-0.39, 0.29) is 6.79 Å². The molecule has 0 heterocycles. The summed E-state index contributed by atoms with van der Waals surface area (Å²) in [5.41, 5.74) is 0.526. The topological polar surface area (TPSA) is 58.9 Å². The lowest BCUT2D eigenvalue weighted by Gasteiger charge is -2.21. The summed E-state index contributed by atoms with van der Waals surface area (Å²) in [6.45, 7) is 6.62. The third kappa shape index (κ3) is 3.85. The predicted molar refractivity (Wildman–Crippen MR) is 71.8 cm³/mol. The molecule has 2 N–H and O–H groups in total. The average Bonchev–Trinajstić information content (AvgIpc) is 2.24. The van der Waals surface area contributed by atoms with Crippen LogP contribution < -0.4 is 15.4 Å². The Labute approximate surface area is 103 Å². The Morgan fingerprint density at radius 3 is 2.35 bits per heavy atom. The molecule has 1 rings (SSSR count). The van der Waals surface area contributed by atoms with Gasteiger partial charge in [-0.25, -0.2) is 0 Å². The average molecular weight is 254 g/mol. The van der Waals surface area contributed by atoms with Gasteiger partial charge in [0.05, 0.1) is 8.07 Å². The second-order valence-electron chi connectivity index (χ2n) is 4.92. The molecular weight excluding hydrogens is 235 g/mol. The quantitative estimate of drug-likeness (QED) is 0.569. The lowest BCUT2D eigenvalue weighted by Crippen LogP contribution is -2.53. The standard InChI is InChI=1S/C11H19BO4Si/c1-15-8-16-9-5-6-11(17(2,3)4)10(7-9)12(13)14/h5-7,13-14H,8H2,1-4H3. The third-order valence-corrected chi connectivity index (χ3v) is 4.52. The highest BCUT2D eigenvalue weighted by Crippen LogP contribution is 2.10.